The van der Waals surface area contributed by atoms with Crippen LogP contribution < -0.4 is 10.1 Å². The van der Waals surface area contributed by atoms with Crippen LogP contribution in [0.5, 0.6) is 5.75 Å². The zero-order valence-corrected chi connectivity index (χ0v) is 9.28. The van der Waals surface area contributed by atoms with Crippen molar-refractivity contribution in [1.29, 1.82) is 0 Å². The third-order valence-electron chi connectivity index (χ3n) is 2.11. The molecule has 0 amide bonds. The molecular weight excluding hydrogens is 186 g/mol. The van der Waals surface area contributed by atoms with Gasteiger partial charge in [-0.25, -0.2) is 0 Å². The van der Waals surface area contributed by atoms with E-state index in [4.69, 9.17) is 4.74 Å². The third kappa shape index (κ3) is 4.66. The lowest BCUT2D eigenvalue weighted by Crippen LogP contribution is -2.33. The van der Waals surface area contributed by atoms with Crippen molar-refractivity contribution in [2.24, 2.45) is 0 Å². The van der Waals surface area contributed by atoms with Crippen LogP contribution >= 0.6 is 0 Å². The molecule has 0 bridgehead atoms. The Kier molecular flexibility index (Phi) is 5.56. The molecule has 0 aliphatic heterocycles. The number of benzene rings is 1. The van der Waals surface area contributed by atoms with Gasteiger partial charge in [-0.2, -0.15) is 0 Å². The quantitative estimate of drug-likeness (QED) is 0.691. The summed E-state index contributed by atoms with van der Waals surface area (Å²) in [5.74, 6) is 0.905. The highest BCUT2D eigenvalue weighted by Gasteiger charge is 2.02. The van der Waals surface area contributed by atoms with E-state index in [1.807, 2.05) is 36.4 Å². The van der Waals surface area contributed by atoms with Crippen LogP contribution in [0.25, 0.3) is 0 Å². The fourth-order valence-electron chi connectivity index (χ4n) is 1.24. The second-order valence-electron chi connectivity index (χ2n) is 3.42. The molecule has 82 valence electrons. The summed E-state index contributed by atoms with van der Waals surface area (Å²) in [7, 11) is 0. The number of para-hydroxylation sites is 1. The second kappa shape index (κ2) is 7.07. The van der Waals surface area contributed by atoms with E-state index < -0.39 is 0 Å². The largest absolute Gasteiger partial charge is 0.492 e. The van der Waals surface area contributed by atoms with Crippen LogP contribution in [-0.4, -0.2) is 19.2 Å². The first-order valence-electron chi connectivity index (χ1n) is 5.40. The molecule has 0 heterocycles. The molecule has 1 aromatic carbocycles. The Bertz CT molecular complexity index is 271. The monoisotopic (exact) mass is 205 g/mol. The molecule has 0 aromatic heterocycles. The van der Waals surface area contributed by atoms with Crippen molar-refractivity contribution < 1.29 is 4.74 Å². The Morgan fingerprint density at radius 2 is 2.13 bits per heavy atom. The summed E-state index contributed by atoms with van der Waals surface area (Å²) in [6.07, 6.45) is 3.01. The van der Waals surface area contributed by atoms with E-state index in [1.165, 1.54) is 0 Å². The number of rotatable bonds is 7. The first-order chi connectivity index (χ1) is 7.36. The lowest BCUT2D eigenvalue weighted by atomic mass is 10.3. The van der Waals surface area contributed by atoms with Gasteiger partial charge in [-0.3, -0.25) is 0 Å². The minimum Gasteiger partial charge on any atom is -0.492 e. The molecule has 2 heteroatoms. The Balaban J connectivity index is 2.31. The number of ether oxygens (including phenoxy) is 1. The first kappa shape index (κ1) is 11.8. The normalized spacial score (nSPS) is 12.1. The first-order valence-corrected chi connectivity index (χ1v) is 5.40. The lowest BCUT2D eigenvalue weighted by Gasteiger charge is -2.15. The van der Waals surface area contributed by atoms with Crippen molar-refractivity contribution in [2.45, 2.75) is 19.4 Å². The summed E-state index contributed by atoms with van der Waals surface area (Å²) in [4.78, 5) is 0. The maximum atomic E-state index is 5.62. The fraction of sp³-hybridized carbons (Fsp3) is 0.385. The van der Waals surface area contributed by atoms with Gasteiger partial charge in [-0.1, -0.05) is 31.2 Å². The molecule has 15 heavy (non-hydrogen) atoms. The highest BCUT2D eigenvalue weighted by Crippen LogP contribution is 2.08. The Labute approximate surface area is 92.0 Å². The van der Waals surface area contributed by atoms with Gasteiger partial charge in [0.15, 0.2) is 0 Å². The standard InChI is InChI=1S/C13H19NO/c1-3-10-14-12(4-2)11-15-13-8-6-5-7-9-13/h4-9,12,14H,2-3,10-11H2,1H3. The molecular formula is C13H19NO. The summed E-state index contributed by atoms with van der Waals surface area (Å²) in [6, 6.07) is 10.1. The van der Waals surface area contributed by atoms with Crippen molar-refractivity contribution in [3.05, 3.63) is 43.0 Å². The van der Waals surface area contributed by atoms with Crippen LogP contribution in [0.3, 0.4) is 0 Å². The van der Waals surface area contributed by atoms with Gasteiger partial charge in [0.05, 0.1) is 6.04 Å². The predicted octanol–water partition coefficient (Wildman–Crippen LogP) is 2.62. The topological polar surface area (TPSA) is 21.3 Å². The molecule has 0 aliphatic carbocycles. The minimum atomic E-state index is 0.227. The molecule has 1 unspecified atom stereocenters. The zero-order valence-electron chi connectivity index (χ0n) is 9.28. The lowest BCUT2D eigenvalue weighted by molar-refractivity contribution is 0.286. The van der Waals surface area contributed by atoms with Crippen LogP contribution in [0.4, 0.5) is 0 Å². The van der Waals surface area contributed by atoms with Gasteiger partial charge < -0.3 is 10.1 Å². The van der Waals surface area contributed by atoms with Crippen molar-refractivity contribution in [2.75, 3.05) is 13.2 Å². The van der Waals surface area contributed by atoms with Gasteiger partial charge in [0.2, 0.25) is 0 Å². The summed E-state index contributed by atoms with van der Waals surface area (Å²) in [5.41, 5.74) is 0. The maximum absolute atomic E-state index is 5.62. The fourth-order valence-corrected chi connectivity index (χ4v) is 1.24. The molecule has 1 atom stereocenters. The molecule has 1 rings (SSSR count). The van der Waals surface area contributed by atoms with E-state index in [9.17, 15) is 0 Å². The molecule has 1 aromatic rings. The van der Waals surface area contributed by atoms with Gasteiger partial charge in [0, 0.05) is 0 Å². The number of nitrogens with one attached hydrogen (secondary N) is 1. The number of hydrogen-bond acceptors (Lipinski definition) is 2. The summed E-state index contributed by atoms with van der Waals surface area (Å²) in [6.45, 7) is 7.56. The van der Waals surface area contributed by atoms with Crippen LogP contribution in [-0.2, 0) is 0 Å². The summed E-state index contributed by atoms with van der Waals surface area (Å²) < 4.78 is 5.62. The molecule has 0 saturated heterocycles. The number of hydrogen-bond donors (Lipinski definition) is 1. The zero-order chi connectivity index (χ0) is 10.9. The highest BCUT2D eigenvalue weighted by atomic mass is 16.5. The van der Waals surface area contributed by atoms with E-state index in [0.717, 1.165) is 18.7 Å². The van der Waals surface area contributed by atoms with Crippen LogP contribution in [0.1, 0.15) is 13.3 Å². The second-order valence-corrected chi connectivity index (χ2v) is 3.42. The van der Waals surface area contributed by atoms with Crippen molar-refractivity contribution in [3.63, 3.8) is 0 Å². The average Bonchev–Trinajstić information content (AvgIpc) is 2.31. The molecule has 2 nitrogen and oxygen atoms in total. The van der Waals surface area contributed by atoms with Gasteiger partial charge in [0.25, 0.3) is 0 Å². The van der Waals surface area contributed by atoms with Gasteiger partial charge in [-0.15, -0.1) is 6.58 Å². The summed E-state index contributed by atoms with van der Waals surface area (Å²) in [5, 5.41) is 3.35. The van der Waals surface area contributed by atoms with Gasteiger partial charge in [-0.05, 0) is 25.1 Å². The molecule has 0 radical (unpaired) electrons. The van der Waals surface area contributed by atoms with E-state index in [1.54, 1.807) is 0 Å². The molecule has 0 saturated carbocycles. The third-order valence-corrected chi connectivity index (χ3v) is 2.11. The van der Waals surface area contributed by atoms with Crippen LogP contribution in [0.2, 0.25) is 0 Å². The van der Waals surface area contributed by atoms with Crippen molar-refractivity contribution in [3.8, 4) is 5.75 Å². The SMILES string of the molecule is C=CC(COc1ccccc1)NCCC. The van der Waals surface area contributed by atoms with Crippen LogP contribution in [0.15, 0.2) is 43.0 Å². The van der Waals surface area contributed by atoms with E-state index in [-0.39, 0.29) is 6.04 Å². The Hall–Kier alpha value is -1.28. The Morgan fingerprint density at radius 1 is 1.40 bits per heavy atom. The summed E-state index contributed by atoms with van der Waals surface area (Å²) >= 11 is 0. The highest BCUT2D eigenvalue weighted by molar-refractivity contribution is 5.21. The maximum Gasteiger partial charge on any atom is 0.119 e. The smallest absolute Gasteiger partial charge is 0.119 e. The molecule has 0 aliphatic rings. The average molecular weight is 205 g/mol. The van der Waals surface area contributed by atoms with Gasteiger partial charge in [0.1, 0.15) is 12.4 Å². The Morgan fingerprint density at radius 3 is 2.73 bits per heavy atom. The minimum absolute atomic E-state index is 0.227. The van der Waals surface area contributed by atoms with Crippen molar-refractivity contribution >= 4 is 0 Å². The van der Waals surface area contributed by atoms with E-state index >= 15 is 0 Å². The van der Waals surface area contributed by atoms with E-state index in [0.29, 0.717) is 6.61 Å². The van der Waals surface area contributed by atoms with E-state index in [2.05, 4.69) is 18.8 Å². The van der Waals surface area contributed by atoms with Crippen molar-refractivity contribution in [1.82, 2.24) is 5.32 Å². The molecule has 0 fully saturated rings. The van der Waals surface area contributed by atoms with Gasteiger partial charge >= 0.3 is 0 Å². The predicted molar refractivity (Wildman–Crippen MR) is 64.2 cm³/mol. The molecule has 0 spiro atoms. The molecule has 1 N–H and O–H groups in total. The van der Waals surface area contributed by atoms with Crippen LogP contribution in [0, 0.1) is 0 Å².